The molecule has 6 nitrogen and oxygen atoms in total. The van der Waals surface area contributed by atoms with Gasteiger partial charge in [0, 0.05) is 0 Å². The molecule has 0 spiro atoms. The zero-order chi connectivity index (χ0) is 13.5. The maximum Gasteiger partial charge on any atom is 2.00 e. The summed E-state index contributed by atoms with van der Waals surface area (Å²) in [7, 11) is 0. The van der Waals surface area contributed by atoms with Crippen LogP contribution in [-0.2, 0) is 30.7 Å². The van der Waals surface area contributed by atoms with Crippen molar-refractivity contribution < 1.29 is 40.9 Å². The van der Waals surface area contributed by atoms with Crippen LogP contribution in [0.3, 0.4) is 0 Å². The monoisotopic (exact) mass is 439 g/mol. The zero-order valence-electron chi connectivity index (χ0n) is 10.3. The Balaban J connectivity index is 0. The fourth-order valence-electron chi connectivity index (χ4n) is 1.40. The van der Waals surface area contributed by atoms with E-state index < -0.39 is 17.4 Å². The van der Waals surface area contributed by atoms with E-state index in [4.69, 9.17) is 21.7 Å². The Labute approximate surface area is 121 Å². The van der Waals surface area contributed by atoms with Gasteiger partial charge in [0.15, 0.2) is 5.41 Å². The van der Waals surface area contributed by atoms with E-state index >= 15 is 0 Å². The summed E-state index contributed by atoms with van der Waals surface area (Å²) >= 11 is 0. The molecule has 108 valence electrons. The van der Waals surface area contributed by atoms with Crippen molar-refractivity contribution >= 4 is 11.9 Å². The first-order chi connectivity index (χ1) is 7.90. The van der Waals surface area contributed by atoms with Gasteiger partial charge in [-0.05, 0) is 19.3 Å². The minimum atomic E-state index is -1.44. The van der Waals surface area contributed by atoms with Crippen LogP contribution in [0.1, 0.15) is 32.6 Å². The van der Waals surface area contributed by atoms with E-state index in [9.17, 15) is 9.59 Å². The van der Waals surface area contributed by atoms with E-state index in [1.54, 1.807) is 0 Å². The average Bonchev–Trinajstić information content (AvgIpc) is 2.15. The second-order valence-corrected chi connectivity index (χ2v) is 4.39. The van der Waals surface area contributed by atoms with Crippen LogP contribution in [0, 0.1) is 11.3 Å². The van der Waals surface area contributed by atoms with E-state index in [1.165, 1.54) is 0 Å². The van der Waals surface area contributed by atoms with Gasteiger partial charge >= 0.3 is 33.0 Å². The van der Waals surface area contributed by atoms with Gasteiger partial charge in [0.1, 0.15) is 0 Å². The number of carboxylic acids is 2. The SMILES string of the molecule is C[C@@H](C[NH-])CC[NH-].O=C(O)C1(C(=O)O)CCC1.[Pt+2]. The fourth-order valence-corrected chi connectivity index (χ4v) is 1.40. The number of carbonyl (C=O) groups is 2. The Hall–Kier alpha value is -0.452. The quantitative estimate of drug-likeness (QED) is 0.639. The summed E-state index contributed by atoms with van der Waals surface area (Å²) in [5, 5.41) is 16.9. The molecular weight excluding hydrogens is 419 g/mol. The summed E-state index contributed by atoms with van der Waals surface area (Å²) in [4.78, 5) is 20.7. The summed E-state index contributed by atoms with van der Waals surface area (Å²) in [6, 6.07) is 0. The molecule has 1 rings (SSSR count). The summed E-state index contributed by atoms with van der Waals surface area (Å²) in [5.74, 6) is -1.98. The molecule has 0 saturated heterocycles. The van der Waals surface area contributed by atoms with E-state index in [0.717, 1.165) is 6.42 Å². The second-order valence-electron chi connectivity index (χ2n) is 4.39. The Morgan fingerprint density at radius 1 is 1.22 bits per heavy atom. The average molecular weight is 439 g/mol. The molecule has 1 atom stereocenters. The number of aliphatic carboxylic acids is 2. The number of hydrogen-bond donors (Lipinski definition) is 2. The first-order valence-electron chi connectivity index (χ1n) is 5.66. The maximum absolute atomic E-state index is 10.4. The van der Waals surface area contributed by atoms with Gasteiger partial charge < -0.3 is 21.7 Å². The third-order valence-corrected chi connectivity index (χ3v) is 3.01. The van der Waals surface area contributed by atoms with Gasteiger partial charge in [-0.2, -0.15) is 6.54 Å². The molecule has 0 bridgehead atoms. The summed E-state index contributed by atoms with van der Waals surface area (Å²) in [6.07, 6.45) is 2.14. The Morgan fingerprint density at radius 3 is 1.72 bits per heavy atom. The molecule has 0 heterocycles. The van der Waals surface area contributed by atoms with Crippen LogP contribution in [0.15, 0.2) is 0 Å². The predicted molar refractivity (Wildman–Crippen MR) is 63.7 cm³/mol. The van der Waals surface area contributed by atoms with Gasteiger partial charge in [-0.1, -0.05) is 19.3 Å². The van der Waals surface area contributed by atoms with Crippen molar-refractivity contribution in [3.05, 3.63) is 11.5 Å². The van der Waals surface area contributed by atoms with Crippen LogP contribution in [0.4, 0.5) is 0 Å². The summed E-state index contributed by atoms with van der Waals surface area (Å²) in [5.41, 5.74) is 12.1. The number of carboxylic acid groups (broad SMARTS) is 2. The van der Waals surface area contributed by atoms with Crippen molar-refractivity contribution in [1.82, 2.24) is 0 Å². The van der Waals surface area contributed by atoms with Crippen molar-refractivity contribution in [2.75, 3.05) is 13.1 Å². The smallest absolute Gasteiger partial charge is 0.677 e. The molecule has 1 aliphatic carbocycles. The molecule has 1 saturated carbocycles. The molecule has 0 aromatic heterocycles. The van der Waals surface area contributed by atoms with E-state index in [1.807, 2.05) is 6.92 Å². The summed E-state index contributed by atoms with van der Waals surface area (Å²) < 4.78 is 0. The zero-order valence-corrected chi connectivity index (χ0v) is 12.6. The van der Waals surface area contributed by atoms with Crippen molar-refractivity contribution in [2.24, 2.45) is 11.3 Å². The fraction of sp³-hybridized carbons (Fsp3) is 0.818. The van der Waals surface area contributed by atoms with Crippen LogP contribution < -0.4 is 0 Å². The maximum atomic E-state index is 10.4. The molecule has 0 unspecified atom stereocenters. The van der Waals surface area contributed by atoms with Gasteiger partial charge in [-0.3, -0.25) is 9.59 Å². The van der Waals surface area contributed by atoms with Crippen LogP contribution in [0.25, 0.3) is 11.5 Å². The van der Waals surface area contributed by atoms with Crippen LogP contribution in [0.5, 0.6) is 0 Å². The Bertz CT molecular complexity index is 254. The molecule has 1 fully saturated rings. The topological polar surface area (TPSA) is 122 Å². The molecule has 4 N–H and O–H groups in total. The molecule has 7 heteroatoms. The molecule has 0 aromatic rings. The minimum absolute atomic E-state index is 0. The molecular formula is C11H20N2O4Pt. The van der Waals surface area contributed by atoms with E-state index in [2.05, 4.69) is 0 Å². The van der Waals surface area contributed by atoms with Crippen molar-refractivity contribution in [3.63, 3.8) is 0 Å². The number of nitrogens with one attached hydrogen (secondary N) is 2. The largest absolute Gasteiger partial charge is 2.00 e. The van der Waals surface area contributed by atoms with E-state index in [0.29, 0.717) is 25.4 Å². The van der Waals surface area contributed by atoms with E-state index in [-0.39, 0.29) is 33.9 Å². The van der Waals surface area contributed by atoms with Crippen LogP contribution in [0.2, 0.25) is 0 Å². The minimum Gasteiger partial charge on any atom is -0.677 e. The predicted octanol–water partition coefficient (Wildman–Crippen LogP) is 2.44. The molecule has 0 aliphatic heterocycles. The number of hydrogen-bond acceptors (Lipinski definition) is 2. The first-order valence-corrected chi connectivity index (χ1v) is 5.66. The Kier molecular flexibility index (Phi) is 10.5. The Morgan fingerprint density at radius 2 is 1.67 bits per heavy atom. The molecule has 1 aliphatic rings. The number of rotatable bonds is 5. The van der Waals surface area contributed by atoms with Crippen molar-refractivity contribution in [3.8, 4) is 0 Å². The summed E-state index contributed by atoms with van der Waals surface area (Å²) in [6.45, 7) is 2.94. The van der Waals surface area contributed by atoms with Gasteiger partial charge in [-0.15, -0.1) is 6.54 Å². The first kappa shape index (κ1) is 19.9. The van der Waals surface area contributed by atoms with Crippen LogP contribution in [-0.4, -0.2) is 35.2 Å². The standard InChI is InChI=1S/C6H8O4.C5H12N2.Pt/c7-4(8)6(5(9)10)2-1-3-6;1-5(4-7)2-3-6;/h1-3H2,(H,7,8)(H,9,10);5-7H,2-4H2,1H3;/q;-2;+2/t;5-;/m.1./s1. The second kappa shape index (κ2) is 9.47. The molecule has 0 amide bonds. The van der Waals surface area contributed by atoms with Crippen molar-refractivity contribution in [2.45, 2.75) is 32.6 Å². The van der Waals surface area contributed by atoms with Gasteiger partial charge in [0.05, 0.1) is 0 Å². The van der Waals surface area contributed by atoms with Gasteiger partial charge in [0.25, 0.3) is 0 Å². The van der Waals surface area contributed by atoms with Crippen molar-refractivity contribution in [1.29, 1.82) is 0 Å². The van der Waals surface area contributed by atoms with Gasteiger partial charge in [0.2, 0.25) is 0 Å². The van der Waals surface area contributed by atoms with Gasteiger partial charge in [-0.25, -0.2) is 0 Å². The normalized spacial score (nSPS) is 17.3. The third kappa shape index (κ3) is 5.46. The molecule has 0 aromatic carbocycles. The third-order valence-electron chi connectivity index (χ3n) is 3.01. The molecule has 18 heavy (non-hydrogen) atoms. The van der Waals surface area contributed by atoms with Crippen LogP contribution >= 0.6 is 0 Å². The molecule has 0 radical (unpaired) electrons.